The van der Waals surface area contributed by atoms with Gasteiger partial charge in [-0.3, -0.25) is 4.79 Å². The summed E-state index contributed by atoms with van der Waals surface area (Å²) in [5.41, 5.74) is 0. The van der Waals surface area contributed by atoms with E-state index in [2.05, 4.69) is 22.9 Å². The molecule has 1 atom stereocenters. The van der Waals surface area contributed by atoms with Crippen LogP contribution in [0, 0.1) is 5.92 Å². The lowest BCUT2D eigenvalue weighted by molar-refractivity contribution is -0.130. The Morgan fingerprint density at radius 3 is 2.85 bits per heavy atom. The maximum atomic E-state index is 12.3. The molecule has 1 aliphatic rings. The fourth-order valence-electron chi connectivity index (χ4n) is 2.41. The lowest BCUT2D eigenvalue weighted by Crippen LogP contribution is -2.42. The van der Waals surface area contributed by atoms with Crippen LogP contribution in [0.4, 0.5) is 0 Å². The van der Waals surface area contributed by atoms with Crippen LogP contribution in [0.3, 0.4) is 0 Å². The number of hydrogen-bond donors (Lipinski definition) is 0. The van der Waals surface area contributed by atoms with E-state index in [0.29, 0.717) is 23.5 Å². The summed E-state index contributed by atoms with van der Waals surface area (Å²) >= 11 is 3.25. The maximum absolute atomic E-state index is 12.3. The molecule has 0 spiro atoms. The molecule has 0 aliphatic carbocycles. The van der Waals surface area contributed by atoms with Crippen LogP contribution in [-0.2, 0) is 14.6 Å². The monoisotopic (exact) mass is 359 g/mol. The molecule has 110 valence electrons. The number of benzene rings is 1. The van der Waals surface area contributed by atoms with Crippen molar-refractivity contribution in [2.75, 3.05) is 18.8 Å². The molecule has 0 saturated carbocycles. The Kier molecular flexibility index (Phi) is 4.86. The Hall–Kier alpha value is -0.880. The van der Waals surface area contributed by atoms with E-state index in [1.807, 2.05) is 0 Å². The Morgan fingerprint density at radius 2 is 2.20 bits per heavy atom. The van der Waals surface area contributed by atoms with Crippen molar-refractivity contribution < 1.29 is 13.2 Å². The number of amides is 1. The molecule has 0 aromatic heterocycles. The highest BCUT2D eigenvalue weighted by atomic mass is 79.9. The average molecular weight is 360 g/mol. The first kappa shape index (κ1) is 15.5. The van der Waals surface area contributed by atoms with E-state index in [1.54, 1.807) is 17.0 Å². The van der Waals surface area contributed by atoms with Gasteiger partial charge in [0.1, 0.15) is 5.75 Å². The highest BCUT2D eigenvalue weighted by molar-refractivity contribution is 9.10. The van der Waals surface area contributed by atoms with Gasteiger partial charge in [0.2, 0.25) is 5.91 Å². The van der Waals surface area contributed by atoms with Crippen LogP contribution >= 0.6 is 15.9 Å². The fourth-order valence-corrected chi connectivity index (χ4v) is 4.23. The zero-order valence-corrected chi connectivity index (χ0v) is 13.8. The van der Waals surface area contributed by atoms with Crippen LogP contribution in [-0.4, -0.2) is 38.1 Å². The van der Waals surface area contributed by atoms with Crippen molar-refractivity contribution >= 4 is 31.7 Å². The zero-order chi connectivity index (χ0) is 14.8. The number of likely N-dealkylation sites (tertiary alicyclic amines) is 1. The fraction of sp³-hybridized carbons (Fsp3) is 0.500. The van der Waals surface area contributed by atoms with Crippen LogP contribution in [0.25, 0.3) is 0 Å². The van der Waals surface area contributed by atoms with Gasteiger partial charge in [-0.05, 0) is 37.0 Å². The summed E-state index contributed by atoms with van der Waals surface area (Å²) in [7, 11) is -3.57. The smallest absolute Gasteiger partial charge is 0.238 e. The molecule has 1 heterocycles. The summed E-state index contributed by atoms with van der Waals surface area (Å²) in [6.45, 7) is 3.41. The number of hydrogen-bond acceptors (Lipinski definition) is 3. The summed E-state index contributed by atoms with van der Waals surface area (Å²) in [6.07, 6.45) is 2.05. The molecule has 1 fully saturated rings. The molecular formula is C14H18BrNO3S. The Balaban J connectivity index is 2.10. The number of carbonyl (C=O) groups is 1. The van der Waals surface area contributed by atoms with Gasteiger partial charge in [-0.2, -0.15) is 0 Å². The molecule has 1 amide bonds. The maximum Gasteiger partial charge on any atom is 0.238 e. The molecule has 1 saturated heterocycles. The van der Waals surface area contributed by atoms with Gasteiger partial charge in [-0.1, -0.05) is 28.9 Å². The molecular weight excluding hydrogens is 342 g/mol. The van der Waals surface area contributed by atoms with E-state index in [1.165, 1.54) is 12.1 Å². The second kappa shape index (κ2) is 6.26. The first-order valence-corrected chi connectivity index (χ1v) is 9.09. The summed E-state index contributed by atoms with van der Waals surface area (Å²) in [5, 5.41) is 0. The van der Waals surface area contributed by atoms with Crippen molar-refractivity contribution in [1.82, 2.24) is 4.90 Å². The number of rotatable bonds is 3. The number of nitrogens with zero attached hydrogens (tertiary/aromatic N) is 1. The standard InChI is InChI=1S/C14H18BrNO3S/c1-11-4-3-7-16(9-11)14(17)10-20(18,19)13-6-2-5-12(15)8-13/h2,5-6,8,11H,3-4,7,9-10H2,1H3. The van der Waals surface area contributed by atoms with Gasteiger partial charge >= 0.3 is 0 Å². The van der Waals surface area contributed by atoms with Gasteiger partial charge in [0, 0.05) is 17.6 Å². The molecule has 4 nitrogen and oxygen atoms in total. The Bertz CT molecular complexity index is 600. The van der Waals surface area contributed by atoms with E-state index < -0.39 is 15.6 Å². The molecule has 2 rings (SSSR count). The van der Waals surface area contributed by atoms with Crippen LogP contribution in [0.15, 0.2) is 33.6 Å². The Morgan fingerprint density at radius 1 is 1.45 bits per heavy atom. The van der Waals surface area contributed by atoms with Crippen molar-refractivity contribution in [1.29, 1.82) is 0 Å². The van der Waals surface area contributed by atoms with Crippen molar-refractivity contribution in [2.24, 2.45) is 5.92 Å². The molecule has 1 aliphatic heterocycles. The lowest BCUT2D eigenvalue weighted by atomic mass is 10.0. The van der Waals surface area contributed by atoms with Crippen LogP contribution in [0.5, 0.6) is 0 Å². The number of carbonyl (C=O) groups excluding carboxylic acids is 1. The minimum absolute atomic E-state index is 0.185. The van der Waals surface area contributed by atoms with E-state index >= 15 is 0 Å². The lowest BCUT2D eigenvalue weighted by Gasteiger charge is -2.30. The van der Waals surface area contributed by atoms with Crippen molar-refractivity contribution in [3.05, 3.63) is 28.7 Å². The van der Waals surface area contributed by atoms with Gasteiger partial charge in [-0.15, -0.1) is 0 Å². The molecule has 0 radical (unpaired) electrons. The normalized spacial score (nSPS) is 19.9. The predicted octanol–water partition coefficient (Wildman–Crippen LogP) is 2.48. The quantitative estimate of drug-likeness (QED) is 0.832. The van der Waals surface area contributed by atoms with E-state index in [0.717, 1.165) is 12.8 Å². The third kappa shape index (κ3) is 3.82. The SMILES string of the molecule is CC1CCCN(C(=O)CS(=O)(=O)c2cccc(Br)c2)C1. The van der Waals surface area contributed by atoms with E-state index in [-0.39, 0.29) is 10.8 Å². The second-order valence-corrected chi connectivity index (χ2v) is 8.21. The van der Waals surface area contributed by atoms with Crippen LogP contribution < -0.4 is 0 Å². The summed E-state index contributed by atoms with van der Waals surface area (Å²) in [5.74, 6) is -0.298. The van der Waals surface area contributed by atoms with Gasteiger partial charge in [0.05, 0.1) is 4.90 Å². The first-order valence-electron chi connectivity index (χ1n) is 6.64. The van der Waals surface area contributed by atoms with Crippen LogP contribution in [0.2, 0.25) is 0 Å². The highest BCUT2D eigenvalue weighted by Crippen LogP contribution is 2.19. The summed E-state index contributed by atoms with van der Waals surface area (Å²) in [4.78, 5) is 14.0. The topological polar surface area (TPSA) is 54.5 Å². The van der Waals surface area contributed by atoms with Crippen molar-refractivity contribution in [3.63, 3.8) is 0 Å². The Labute approximate surface area is 128 Å². The largest absolute Gasteiger partial charge is 0.342 e. The van der Waals surface area contributed by atoms with Gasteiger partial charge in [0.25, 0.3) is 0 Å². The molecule has 0 N–H and O–H groups in total. The second-order valence-electron chi connectivity index (χ2n) is 5.30. The van der Waals surface area contributed by atoms with Crippen molar-refractivity contribution in [2.45, 2.75) is 24.7 Å². The number of piperidine rings is 1. The summed E-state index contributed by atoms with van der Waals surface area (Å²) in [6, 6.07) is 6.46. The first-order chi connectivity index (χ1) is 9.38. The minimum atomic E-state index is -3.57. The summed E-state index contributed by atoms with van der Waals surface area (Å²) < 4.78 is 25.2. The van der Waals surface area contributed by atoms with E-state index in [9.17, 15) is 13.2 Å². The predicted molar refractivity (Wildman–Crippen MR) is 81.2 cm³/mol. The molecule has 6 heteroatoms. The molecule has 1 aromatic carbocycles. The van der Waals surface area contributed by atoms with E-state index in [4.69, 9.17) is 0 Å². The van der Waals surface area contributed by atoms with Gasteiger partial charge < -0.3 is 4.90 Å². The molecule has 1 aromatic rings. The third-order valence-electron chi connectivity index (χ3n) is 3.48. The molecule has 1 unspecified atom stereocenters. The van der Waals surface area contributed by atoms with Gasteiger partial charge in [-0.25, -0.2) is 8.42 Å². The van der Waals surface area contributed by atoms with Gasteiger partial charge in [0.15, 0.2) is 9.84 Å². The van der Waals surface area contributed by atoms with Crippen LogP contribution in [0.1, 0.15) is 19.8 Å². The highest BCUT2D eigenvalue weighted by Gasteiger charge is 2.26. The van der Waals surface area contributed by atoms with Crippen molar-refractivity contribution in [3.8, 4) is 0 Å². The zero-order valence-electron chi connectivity index (χ0n) is 11.4. The molecule has 0 bridgehead atoms. The third-order valence-corrected chi connectivity index (χ3v) is 5.57. The minimum Gasteiger partial charge on any atom is -0.342 e. The molecule has 20 heavy (non-hydrogen) atoms. The number of halogens is 1. The number of sulfone groups is 1. The average Bonchev–Trinajstić information content (AvgIpc) is 2.38.